The van der Waals surface area contributed by atoms with Gasteiger partial charge in [-0.2, -0.15) is 0 Å². The molecule has 3 nitrogen and oxygen atoms in total. The molecule has 0 saturated carbocycles. The summed E-state index contributed by atoms with van der Waals surface area (Å²) >= 11 is 0. The molecule has 0 heterocycles. The number of benzene rings is 1. The Hall–Kier alpha value is -1.35. The molecule has 1 aromatic rings. The Labute approximate surface area is 103 Å². The van der Waals surface area contributed by atoms with Gasteiger partial charge in [0.15, 0.2) is 6.10 Å². The first-order valence-electron chi connectivity index (χ1n) is 5.87. The third-order valence-corrected chi connectivity index (χ3v) is 1.95. The quantitative estimate of drug-likeness (QED) is 0.824. The third-order valence-electron chi connectivity index (χ3n) is 1.95. The van der Waals surface area contributed by atoms with Gasteiger partial charge >= 0.3 is 5.97 Å². The third kappa shape index (κ3) is 8.46. The van der Waals surface area contributed by atoms with Crippen molar-refractivity contribution >= 4 is 5.97 Å². The summed E-state index contributed by atoms with van der Waals surface area (Å²) in [6, 6.07) is 10.3. The SMILES string of the molecule is CCC(O)C(=O)OC(C)C.Cc1ccccc1. The summed E-state index contributed by atoms with van der Waals surface area (Å²) < 4.78 is 4.71. The van der Waals surface area contributed by atoms with Crippen molar-refractivity contribution < 1.29 is 14.6 Å². The Kier molecular flexibility index (Phi) is 8.07. The fourth-order valence-electron chi connectivity index (χ4n) is 1.01. The number of esters is 1. The number of carbonyl (C=O) groups excluding carboxylic acids is 1. The van der Waals surface area contributed by atoms with Crippen LogP contribution in [0.5, 0.6) is 0 Å². The Morgan fingerprint density at radius 2 is 1.82 bits per heavy atom. The van der Waals surface area contributed by atoms with Crippen LogP contribution in [0.1, 0.15) is 32.8 Å². The van der Waals surface area contributed by atoms with Gasteiger partial charge in [0.25, 0.3) is 0 Å². The lowest BCUT2D eigenvalue weighted by atomic mass is 10.2. The van der Waals surface area contributed by atoms with Gasteiger partial charge in [0.1, 0.15) is 0 Å². The molecule has 96 valence electrons. The van der Waals surface area contributed by atoms with Gasteiger partial charge in [-0.1, -0.05) is 42.8 Å². The first kappa shape index (κ1) is 15.7. The van der Waals surface area contributed by atoms with Gasteiger partial charge in [0.05, 0.1) is 6.10 Å². The molecule has 1 atom stereocenters. The summed E-state index contributed by atoms with van der Waals surface area (Å²) in [6.07, 6.45) is -0.693. The summed E-state index contributed by atoms with van der Waals surface area (Å²) in [4.78, 5) is 10.7. The number of hydrogen-bond donors (Lipinski definition) is 1. The number of rotatable bonds is 3. The lowest BCUT2D eigenvalue weighted by Crippen LogP contribution is -2.24. The molecular formula is C14H22O3. The molecule has 0 aliphatic heterocycles. The zero-order valence-corrected chi connectivity index (χ0v) is 11.0. The van der Waals surface area contributed by atoms with Crippen molar-refractivity contribution in [3.8, 4) is 0 Å². The fraction of sp³-hybridized carbons (Fsp3) is 0.500. The molecule has 0 fully saturated rings. The van der Waals surface area contributed by atoms with E-state index in [1.165, 1.54) is 5.56 Å². The van der Waals surface area contributed by atoms with E-state index >= 15 is 0 Å². The fourth-order valence-corrected chi connectivity index (χ4v) is 1.01. The van der Waals surface area contributed by atoms with Crippen LogP contribution in [0.15, 0.2) is 30.3 Å². The van der Waals surface area contributed by atoms with Crippen molar-refractivity contribution in [3.05, 3.63) is 35.9 Å². The number of aliphatic hydroxyl groups is 1. The highest BCUT2D eigenvalue weighted by Gasteiger charge is 2.14. The summed E-state index contributed by atoms with van der Waals surface area (Å²) in [5.41, 5.74) is 1.32. The predicted molar refractivity (Wildman–Crippen MR) is 68.7 cm³/mol. The molecule has 1 aromatic carbocycles. The van der Waals surface area contributed by atoms with Gasteiger partial charge < -0.3 is 9.84 Å². The maximum atomic E-state index is 10.7. The molecule has 0 amide bonds. The van der Waals surface area contributed by atoms with Crippen LogP contribution < -0.4 is 0 Å². The summed E-state index contributed by atoms with van der Waals surface area (Å²) in [5, 5.41) is 8.90. The molecule has 0 aliphatic rings. The van der Waals surface area contributed by atoms with Crippen LogP contribution in [0.4, 0.5) is 0 Å². The molecule has 17 heavy (non-hydrogen) atoms. The van der Waals surface area contributed by atoms with E-state index in [1.54, 1.807) is 20.8 Å². The van der Waals surface area contributed by atoms with Crippen LogP contribution in [0.3, 0.4) is 0 Å². The molecule has 0 saturated heterocycles. The minimum Gasteiger partial charge on any atom is -0.461 e. The van der Waals surface area contributed by atoms with Crippen molar-refractivity contribution in [1.82, 2.24) is 0 Å². The average molecular weight is 238 g/mol. The molecule has 1 rings (SSSR count). The van der Waals surface area contributed by atoms with Gasteiger partial charge in [-0.3, -0.25) is 0 Å². The lowest BCUT2D eigenvalue weighted by molar-refractivity contribution is -0.157. The molecule has 1 N–H and O–H groups in total. The summed E-state index contributed by atoms with van der Waals surface area (Å²) in [6.45, 7) is 7.31. The number of aliphatic hydroxyl groups excluding tert-OH is 1. The largest absolute Gasteiger partial charge is 0.461 e. The van der Waals surface area contributed by atoms with E-state index in [1.807, 2.05) is 18.2 Å². The Morgan fingerprint density at radius 1 is 1.29 bits per heavy atom. The van der Waals surface area contributed by atoms with E-state index < -0.39 is 12.1 Å². The predicted octanol–water partition coefficient (Wildman–Crippen LogP) is 2.70. The average Bonchev–Trinajstić information content (AvgIpc) is 2.29. The van der Waals surface area contributed by atoms with Crippen LogP contribution in [-0.2, 0) is 9.53 Å². The zero-order valence-electron chi connectivity index (χ0n) is 11.0. The number of hydrogen-bond acceptors (Lipinski definition) is 3. The number of ether oxygens (including phenoxy) is 1. The van der Waals surface area contributed by atoms with Gasteiger partial charge in [0.2, 0.25) is 0 Å². The van der Waals surface area contributed by atoms with E-state index in [0.29, 0.717) is 6.42 Å². The van der Waals surface area contributed by atoms with Crippen LogP contribution in [0, 0.1) is 6.92 Å². The first-order valence-corrected chi connectivity index (χ1v) is 5.87. The highest BCUT2D eigenvalue weighted by Crippen LogP contribution is 1.97. The van der Waals surface area contributed by atoms with Gasteiger partial charge in [-0.05, 0) is 27.2 Å². The topological polar surface area (TPSA) is 46.5 Å². The van der Waals surface area contributed by atoms with E-state index in [0.717, 1.165) is 0 Å². The van der Waals surface area contributed by atoms with Crippen LogP contribution in [-0.4, -0.2) is 23.3 Å². The van der Waals surface area contributed by atoms with Crippen molar-refractivity contribution in [1.29, 1.82) is 0 Å². The van der Waals surface area contributed by atoms with Gasteiger partial charge in [-0.15, -0.1) is 0 Å². The minimum absolute atomic E-state index is 0.145. The zero-order chi connectivity index (χ0) is 13.3. The maximum Gasteiger partial charge on any atom is 0.335 e. The first-order chi connectivity index (χ1) is 7.97. The van der Waals surface area contributed by atoms with E-state index in [-0.39, 0.29) is 6.10 Å². The Morgan fingerprint density at radius 3 is 2.12 bits per heavy atom. The van der Waals surface area contributed by atoms with Crippen molar-refractivity contribution in [3.63, 3.8) is 0 Å². The standard InChI is InChI=1S/C7H14O3.C7H8/c1-4-6(8)7(9)10-5(2)3;1-7-5-3-2-4-6-7/h5-6,8H,4H2,1-3H3;2-6H,1H3. The van der Waals surface area contributed by atoms with Crippen molar-refractivity contribution in [2.45, 2.75) is 46.3 Å². The van der Waals surface area contributed by atoms with Gasteiger partial charge in [0, 0.05) is 0 Å². The lowest BCUT2D eigenvalue weighted by Gasteiger charge is -2.10. The highest BCUT2D eigenvalue weighted by molar-refractivity contribution is 5.74. The molecule has 0 spiro atoms. The Balaban J connectivity index is 0.000000318. The molecule has 0 aromatic heterocycles. The van der Waals surface area contributed by atoms with Gasteiger partial charge in [-0.25, -0.2) is 4.79 Å². The highest BCUT2D eigenvalue weighted by atomic mass is 16.6. The smallest absolute Gasteiger partial charge is 0.335 e. The van der Waals surface area contributed by atoms with Crippen LogP contribution in [0.25, 0.3) is 0 Å². The molecule has 0 bridgehead atoms. The van der Waals surface area contributed by atoms with Crippen LogP contribution >= 0.6 is 0 Å². The summed E-state index contributed by atoms with van der Waals surface area (Å²) in [7, 11) is 0. The monoisotopic (exact) mass is 238 g/mol. The normalized spacial score (nSPS) is 11.4. The Bertz CT molecular complexity index is 307. The van der Waals surface area contributed by atoms with E-state index in [9.17, 15) is 4.79 Å². The minimum atomic E-state index is -0.956. The molecule has 1 unspecified atom stereocenters. The summed E-state index contributed by atoms with van der Waals surface area (Å²) in [5.74, 6) is -0.530. The maximum absolute atomic E-state index is 10.7. The second-order valence-electron chi connectivity index (χ2n) is 4.06. The second kappa shape index (κ2) is 8.76. The van der Waals surface area contributed by atoms with Crippen LogP contribution in [0.2, 0.25) is 0 Å². The van der Waals surface area contributed by atoms with Crippen molar-refractivity contribution in [2.24, 2.45) is 0 Å². The molecule has 0 radical (unpaired) electrons. The number of carbonyl (C=O) groups is 1. The van der Waals surface area contributed by atoms with Crippen molar-refractivity contribution in [2.75, 3.05) is 0 Å². The molecule has 3 heteroatoms. The second-order valence-corrected chi connectivity index (χ2v) is 4.06. The van der Waals surface area contributed by atoms with E-state index in [4.69, 9.17) is 9.84 Å². The molecule has 0 aliphatic carbocycles. The van der Waals surface area contributed by atoms with E-state index in [2.05, 4.69) is 19.1 Å². The number of aryl methyl sites for hydroxylation is 1. The molecular weight excluding hydrogens is 216 g/mol.